The molecular weight excluding hydrogens is 230 g/mol. The molecule has 0 bridgehead atoms. The number of ether oxygens (including phenoxy) is 1. The molecule has 0 spiro atoms. The van der Waals surface area contributed by atoms with Gasteiger partial charge < -0.3 is 10.1 Å². The van der Waals surface area contributed by atoms with Crippen molar-refractivity contribution in [3.05, 3.63) is 30.1 Å². The van der Waals surface area contributed by atoms with E-state index in [1.807, 2.05) is 32.0 Å². The molecule has 0 aromatic carbocycles. The number of aliphatic imine (C=N–C) groups is 1. The average Bonchev–Trinajstić information content (AvgIpc) is 2.39. The molecule has 0 saturated heterocycles. The Morgan fingerprint density at radius 3 is 2.83 bits per heavy atom. The standard InChI is InChI=1S/C12H21N5O/c1-9(8-18-3)15-12(17-13)16-10(2)11-6-4-5-7-14-11/h4-7,9-10H,8,13H2,1-3H3,(H2,15,16,17). The molecule has 0 aliphatic heterocycles. The summed E-state index contributed by atoms with van der Waals surface area (Å²) in [6.45, 7) is 4.53. The van der Waals surface area contributed by atoms with Gasteiger partial charge in [-0.1, -0.05) is 6.07 Å². The van der Waals surface area contributed by atoms with E-state index in [1.165, 1.54) is 0 Å². The summed E-state index contributed by atoms with van der Waals surface area (Å²) in [5.74, 6) is 5.96. The van der Waals surface area contributed by atoms with E-state index in [0.29, 0.717) is 12.6 Å². The fourth-order valence-corrected chi connectivity index (χ4v) is 1.52. The Hall–Kier alpha value is -1.66. The van der Waals surface area contributed by atoms with Gasteiger partial charge in [-0.15, -0.1) is 0 Å². The minimum absolute atomic E-state index is 0.0699. The summed E-state index contributed by atoms with van der Waals surface area (Å²) in [5.41, 5.74) is 3.44. The molecule has 100 valence electrons. The average molecular weight is 251 g/mol. The highest BCUT2D eigenvalue weighted by Gasteiger charge is 2.08. The molecule has 1 rings (SSSR count). The SMILES string of the molecule is COCC(C)NC(=NC(C)c1ccccn1)NN. The molecule has 0 aliphatic carbocycles. The molecule has 2 atom stereocenters. The number of aromatic nitrogens is 1. The van der Waals surface area contributed by atoms with Crippen LogP contribution in [0.25, 0.3) is 0 Å². The number of guanidine groups is 1. The third kappa shape index (κ3) is 4.68. The Morgan fingerprint density at radius 1 is 1.50 bits per heavy atom. The topological polar surface area (TPSA) is 84.6 Å². The molecule has 1 heterocycles. The lowest BCUT2D eigenvalue weighted by atomic mass is 10.2. The number of pyridine rings is 1. The van der Waals surface area contributed by atoms with Gasteiger partial charge in [0.25, 0.3) is 0 Å². The molecule has 18 heavy (non-hydrogen) atoms. The second-order valence-electron chi connectivity index (χ2n) is 4.05. The van der Waals surface area contributed by atoms with Crippen LogP contribution in [0.5, 0.6) is 0 Å². The molecule has 6 heteroatoms. The lowest BCUT2D eigenvalue weighted by molar-refractivity contribution is 0.179. The Bertz CT molecular complexity index is 368. The summed E-state index contributed by atoms with van der Waals surface area (Å²) in [6, 6.07) is 5.80. The van der Waals surface area contributed by atoms with Gasteiger partial charge in [0, 0.05) is 19.3 Å². The zero-order valence-corrected chi connectivity index (χ0v) is 11.1. The van der Waals surface area contributed by atoms with Crippen molar-refractivity contribution in [1.82, 2.24) is 15.7 Å². The first-order valence-corrected chi connectivity index (χ1v) is 5.88. The highest BCUT2D eigenvalue weighted by atomic mass is 16.5. The van der Waals surface area contributed by atoms with Gasteiger partial charge in [0.1, 0.15) is 0 Å². The van der Waals surface area contributed by atoms with Crippen LogP contribution in [0.2, 0.25) is 0 Å². The number of hydrogen-bond acceptors (Lipinski definition) is 4. The number of nitrogens with zero attached hydrogens (tertiary/aromatic N) is 2. The first-order valence-electron chi connectivity index (χ1n) is 5.88. The van der Waals surface area contributed by atoms with Gasteiger partial charge in [0.15, 0.2) is 0 Å². The van der Waals surface area contributed by atoms with Crippen molar-refractivity contribution in [3.63, 3.8) is 0 Å². The van der Waals surface area contributed by atoms with E-state index in [1.54, 1.807) is 13.3 Å². The van der Waals surface area contributed by atoms with Crippen LogP contribution in [-0.4, -0.2) is 30.7 Å². The summed E-state index contributed by atoms with van der Waals surface area (Å²) in [5, 5.41) is 3.13. The van der Waals surface area contributed by atoms with Crippen LogP contribution in [0.3, 0.4) is 0 Å². The van der Waals surface area contributed by atoms with Gasteiger partial charge in [-0.25, -0.2) is 10.8 Å². The van der Waals surface area contributed by atoms with E-state index in [-0.39, 0.29) is 12.1 Å². The molecule has 2 unspecified atom stereocenters. The number of hydrazine groups is 1. The van der Waals surface area contributed by atoms with E-state index >= 15 is 0 Å². The maximum Gasteiger partial charge on any atom is 0.206 e. The number of rotatable bonds is 5. The Kier molecular flexibility index (Phi) is 6.10. The van der Waals surface area contributed by atoms with Gasteiger partial charge in [0.2, 0.25) is 5.96 Å². The van der Waals surface area contributed by atoms with Crippen LogP contribution in [0.15, 0.2) is 29.4 Å². The molecule has 0 radical (unpaired) electrons. The molecule has 1 aromatic rings. The third-order valence-corrected chi connectivity index (χ3v) is 2.38. The van der Waals surface area contributed by atoms with Crippen molar-refractivity contribution in [3.8, 4) is 0 Å². The first kappa shape index (κ1) is 14.4. The molecule has 0 aliphatic rings. The van der Waals surface area contributed by atoms with Crippen molar-refractivity contribution in [2.75, 3.05) is 13.7 Å². The highest BCUT2D eigenvalue weighted by Crippen LogP contribution is 2.12. The van der Waals surface area contributed by atoms with Crippen LogP contribution in [0, 0.1) is 0 Å². The van der Waals surface area contributed by atoms with Gasteiger partial charge in [-0.3, -0.25) is 10.4 Å². The highest BCUT2D eigenvalue weighted by molar-refractivity contribution is 5.79. The molecule has 0 amide bonds. The Balaban J connectivity index is 2.66. The van der Waals surface area contributed by atoms with Crippen LogP contribution in [-0.2, 0) is 4.74 Å². The second kappa shape index (κ2) is 7.62. The maximum atomic E-state index is 5.44. The maximum absolute atomic E-state index is 5.44. The number of methoxy groups -OCH3 is 1. The van der Waals surface area contributed by atoms with E-state index in [9.17, 15) is 0 Å². The fraction of sp³-hybridized carbons (Fsp3) is 0.500. The fourth-order valence-electron chi connectivity index (χ4n) is 1.52. The lowest BCUT2D eigenvalue weighted by Crippen LogP contribution is -2.47. The first-order chi connectivity index (χ1) is 8.67. The summed E-state index contributed by atoms with van der Waals surface area (Å²) in [7, 11) is 1.65. The minimum atomic E-state index is -0.0699. The molecule has 0 saturated carbocycles. The Labute approximate surface area is 108 Å². The minimum Gasteiger partial charge on any atom is -0.383 e. The van der Waals surface area contributed by atoms with Gasteiger partial charge in [0.05, 0.1) is 18.3 Å². The predicted octanol–water partition coefficient (Wildman–Crippen LogP) is 0.586. The van der Waals surface area contributed by atoms with Gasteiger partial charge in [-0.05, 0) is 26.0 Å². The number of nitrogens with one attached hydrogen (secondary N) is 2. The number of hydrogen-bond donors (Lipinski definition) is 3. The summed E-state index contributed by atoms with van der Waals surface area (Å²) in [6.07, 6.45) is 1.75. The van der Waals surface area contributed by atoms with E-state index in [4.69, 9.17) is 10.6 Å². The van der Waals surface area contributed by atoms with Crippen LogP contribution in [0.1, 0.15) is 25.6 Å². The van der Waals surface area contributed by atoms with Crippen molar-refractivity contribution in [2.24, 2.45) is 10.8 Å². The monoisotopic (exact) mass is 251 g/mol. The lowest BCUT2D eigenvalue weighted by Gasteiger charge is -2.17. The van der Waals surface area contributed by atoms with Crippen molar-refractivity contribution < 1.29 is 4.74 Å². The van der Waals surface area contributed by atoms with Crippen molar-refractivity contribution >= 4 is 5.96 Å². The summed E-state index contributed by atoms with van der Waals surface area (Å²) < 4.78 is 5.04. The van der Waals surface area contributed by atoms with Gasteiger partial charge in [-0.2, -0.15) is 0 Å². The molecular formula is C12H21N5O. The van der Waals surface area contributed by atoms with Crippen LogP contribution in [0.4, 0.5) is 0 Å². The van der Waals surface area contributed by atoms with E-state index in [0.717, 1.165) is 5.69 Å². The van der Waals surface area contributed by atoms with Crippen LogP contribution < -0.4 is 16.6 Å². The zero-order valence-electron chi connectivity index (χ0n) is 11.1. The second-order valence-corrected chi connectivity index (χ2v) is 4.05. The number of nitrogens with two attached hydrogens (primary N) is 1. The van der Waals surface area contributed by atoms with Crippen molar-refractivity contribution in [1.29, 1.82) is 0 Å². The Morgan fingerprint density at radius 2 is 2.28 bits per heavy atom. The molecule has 0 fully saturated rings. The largest absolute Gasteiger partial charge is 0.383 e. The van der Waals surface area contributed by atoms with E-state index in [2.05, 4.69) is 20.7 Å². The quantitative estimate of drug-likeness (QED) is 0.309. The zero-order chi connectivity index (χ0) is 13.4. The molecule has 4 N–H and O–H groups in total. The molecule has 1 aromatic heterocycles. The summed E-state index contributed by atoms with van der Waals surface area (Å²) >= 11 is 0. The van der Waals surface area contributed by atoms with Crippen LogP contribution >= 0.6 is 0 Å². The smallest absolute Gasteiger partial charge is 0.206 e. The summed E-state index contributed by atoms with van der Waals surface area (Å²) in [4.78, 5) is 8.69. The molecule has 6 nitrogen and oxygen atoms in total. The third-order valence-electron chi connectivity index (χ3n) is 2.38. The van der Waals surface area contributed by atoms with Gasteiger partial charge >= 0.3 is 0 Å². The van der Waals surface area contributed by atoms with Crippen molar-refractivity contribution in [2.45, 2.75) is 25.9 Å². The predicted molar refractivity (Wildman–Crippen MR) is 71.9 cm³/mol. The normalized spacial score (nSPS) is 15.0. The van der Waals surface area contributed by atoms with E-state index < -0.39 is 0 Å².